The number of rotatable bonds is 10. The molecule has 1 aromatic heterocycles. The van der Waals surface area contributed by atoms with Crippen molar-refractivity contribution in [3.05, 3.63) is 17.9 Å². The predicted octanol–water partition coefficient (Wildman–Crippen LogP) is -0.0294. The van der Waals surface area contributed by atoms with Gasteiger partial charge >= 0.3 is 5.97 Å². The molecular weight excluding hydrogens is 300 g/mol. The number of carbonyl (C=O) groups is 1. The fourth-order valence-corrected chi connectivity index (χ4v) is 2.38. The second-order valence-corrected chi connectivity index (χ2v) is 5.68. The number of sulfonamides is 1. The summed E-state index contributed by atoms with van der Waals surface area (Å²) in [6.45, 7) is 3.67. The molecule has 2 N–H and O–H groups in total. The van der Waals surface area contributed by atoms with Crippen molar-refractivity contribution < 1.29 is 27.1 Å². The highest BCUT2D eigenvalue weighted by molar-refractivity contribution is 7.89. The topological polar surface area (TPSA) is 107 Å². The normalized spacial score (nSPS) is 11.5. The van der Waals surface area contributed by atoms with Crippen LogP contribution in [0.2, 0.25) is 0 Å². The second-order valence-electron chi connectivity index (χ2n) is 3.98. The summed E-state index contributed by atoms with van der Waals surface area (Å²) in [7, 11) is -2.19. The zero-order valence-corrected chi connectivity index (χ0v) is 12.9. The van der Waals surface area contributed by atoms with E-state index in [1.54, 1.807) is 14.0 Å². The average Bonchev–Trinajstić information content (AvgIpc) is 2.93. The van der Waals surface area contributed by atoms with Crippen LogP contribution in [-0.4, -0.2) is 54.3 Å². The summed E-state index contributed by atoms with van der Waals surface area (Å²) in [6.07, 6.45) is 0. The summed E-state index contributed by atoms with van der Waals surface area (Å²) in [4.78, 5) is 11.4. The summed E-state index contributed by atoms with van der Waals surface area (Å²) in [5.74, 6) is -0.837. The van der Waals surface area contributed by atoms with E-state index in [0.29, 0.717) is 19.7 Å². The van der Waals surface area contributed by atoms with Crippen LogP contribution in [0.1, 0.15) is 17.5 Å². The van der Waals surface area contributed by atoms with Crippen LogP contribution < -0.4 is 10.0 Å². The van der Waals surface area contributed by atoms with Crippen molar-refractivity contribution in [2.75, 3.05) is 40.0 Å². The fraction of sp³-hybridized carbons (Fsp3) is 0.583. The maximum atomic E-state index is 11.9. The van der Waals surface area contributed by atoms with Crippen molar-refractivity contribution in [3.63, 3.8) is 0 Å². The van der Waals surface area contributed by atoms with Gasteiger partial charge in [-0.2, -0.15) is 0 Å². The SMILES string of the molecule is CCOC(=O)c1ccc(S(=O)(=O)NCCNCCOC)o1. The van der Waals surface area contributed by atoms with Crippen LogP contribution in [0.15, 0.2) is 21.6 Å². The molecule has 0 spiro atoms. The van der Waals surface area contributed by atoms with Gasteiger partial charge in [-0.05, 0) is 19.1 Å². The molecule has 0 bridgehead atoms. The van der Waals surface area contributed by atoms with E-state index in [1.165, 1.54) is 12.1 Å². The van der Waals surface area contributed by atoms with Crippen molar-refractivity contribution in [1.29, 1.82) is 0 Å². The third-order valence-electron chi connectivity index (χ3n) is 2.40. The average molecular weight is 320 g/mol. The molecule has 1 heterocycles. The molecule has 0 saturated heterocycles. The zero-order chi connectivity index (χ0) is 15.7. The van der Waals surface area contributed by atoms with Gasteiger partial charge in [0.25, 0.3) is 10.0 Å². The van der Waals surface area contributed by atoms with Gasteiger partial charge in [0.1, 0.15) is 0 Å². The van der Waals surface area contributed by atoms with Crippen LogP contribution in [-0.2, 0) is 19.5 Å². The molecule has 8 nitrogen and oxygen atoms in total. The number of nitrogens with one attached hydrogen (secondary N) is 2. The molecule has 0 aliphatic carbocycles. The van der Waals surface area contributed by atoms with Gasteiger partial charge in [0.15, 0.2) is 0 Å². The van der Waals surface area contributed by atoms with Gasteiger partial charge in [-0.15, -0.1) is 0 Å². The van der Waals surface area contributed by atoms with Gasteiger partial charge in [-0.3, -0.25) is 0 Å². The summed E-state index contributed by atoms with van der Waals surface area (Å²) >= 11 is 0. The number of methoxy groups -OCH3 is 1. The van der Waals surface area contributed by atoms with E-state index in [2.05, 4.69) is 10.0 Å². The van der Waals surface area contributed by atoms with Crippen LogP contribution in [0.25, 0.3) is 0 Å². The van der Waals surface area contributed by atoms with E-state index in [-0.39, 0.29) is 24.0 Å². The Bertz CT molecular complexity index is 540. The van der Waals surface area contributed by atoms with Gasteiger partial charge in [-0.25, -0.2) is 17.9 Å². The van der Waals surface area contributed by atoms with E-state index in [9.17, 15) is 13.2 Å². The van der Waals surface area contributed by atoms with Crippen LogP contribution in [0.3, 0.4) is 0 Å². The van der Waals surface area contributed by atoms with Crippen molar-refractivity contribution in [2.24, 2.45) is 0 Å². The number of hydrogen-bond donors (Lipinski definition) is 2. The summed E-state index contributed by atoms with van der Waals surface area (Å²) < 4.78 is 40.7. The van der Waals surface area contributed by atoms with E-state index < -0.39 is 16.0 Å². The Morgan fingerprint density at radius 1 is 1.29 bits per heavy atom. The van der Waals surface area contributed by atoms with Crippen molar-refractivity contribution in [1.82, 2.24) is 10.0 Å². The Labute approximate surface area is 123 Å². The molecule has 21 heavy (non-hydrogen) atoms. The summed E-state index contributed by atoms with van der Waals surface area (Å²) in [5.41, 5.74) is 0. The van der Waals surface area contributed by atoms with Gasteiger partial charge < -0.3 is 19.2 Å². The lowest BCUT2D eigenvalue weighted by atomic mass is 10.5. The first-order chi connectivity index (χ1) is 10.0. The number of ether oxygens (including phenoxy) is 2. The molecule has 120 valence electrons. The number of esters is 1. The molecule has 0 radical (unpaired) electrons. The first-order valence-corrected chi connectivity index (χ1v) is 7.96. The largest absolute Gasteiger partial charge is 0.460 e. The summed E-state index contributed by atoms with van der Waals surface area (Å²) in [6, 6.07) is 2.48. The van der Waals surface area contributed by atoms with Gasteiger partial charge in [0, 0.05) is 26.7 Å². The van der Waals surface area contributed by atoms with Gasteiger partial charge in [0.2, 0.25) is 10.9 Å². The maximum Gasteiger partial charge on any atom is 0.374 e. The minimum Gasteiger partial charge on any atom is -0.460 e. The molecule has 0 aliphatic rings. The first-order valence-electron chi connectivity index (χ1n) is 6.47. The lowest BCUT2D eigenvalue weighted by molar-refractivity contribution is 0.0484. The lowest BCUT2D eigenvalue weighted by Gasteiger charge is -2.05. The van der Waals surface area contributed by atoms with E-state index in [1.807, 2.05) is 0 Å². The smallest absolute Gasteiger partial charge is 0.374 e. The second kappa shape index (κ2) is 8.78. The van der Waals surface area contributed by atoms with E-state index in [0.717, 1.165) is 0 Å². The predicted molar refractivity (Wildman–Crippen MR) is 74.6 cm³/mol. The van der Waals surface area contributed by atoms with Crippen LogP contribution in [0.4, 0.5) is 0 Å². The number of carbonyl (C=O) groups excluding carboxylic acids is 1. The third-order valence-corrected chi connectivity index (χ3v) is 3.73. The third kappa shape index (κ3) is 5.84. The maximum absolute atomic E-state index is 11.9. The molecule has 0 amide bonds. The van der Waals surface area contributed by atoms with Gasteiger partial charge in [0.05, 0.1) is 13.2 Å². The molecule has 0 saturated carbocycles. The Morgan fingerprint density at radius 2 is 2.05 bits per heavy atom. The molecule has 9 heteroatoms. The number of furan rings is 1. The van der Waals surface area contributed by atoms with Crippen molar-refractivity contribution >= 4 is 16.0 Å². The minimum absolute atomic E-state index is 0.143. The Hall–Kier alpha value is -1.42. The van der Waals surface area contributed by atoms with Crippen LogP contribution >= 0.6 is 0 Å². The van der Waals surface area contributed by atoms with Crippen LogP contribution in [0, 0.1) is 0 Å². The minimum atomic E-state index is -3.78. The highest BCUT2D eigenvalue weighted by atomic mass is 32.2. The Morgan fingerprint density at radius 3 is 2.71 bits per heavy atom. The Balaban J connectivity index is 2.49. The van der Waals surface area contributed by atoms with E-state index in [4.69, 9.17) is 13.9 Å². The van der Waals surface area contributed by atoms with Crippen molar-refractivity contribution in [3.8, 4) is 0 Å². The molecule has 0 atom stereocenters. The quantitative estimate of drug-likeness (QED) is 0.460. The Kier molecular flexibility index (Phi) is 7.37. The highest BCUT2D eigenvalue weighted by Gasteiger charge is 2.21. The molecule has 0 fully saturated rings. The first kappa shape index (κ1) is 17.6. The molecule has 1 aromatic rings. The monoisotopic (exact) mass is 320 g/mol. The van der Waals surface area contributed by atoms with Crippen LogP contribution in [0.5, 0.6) is 0 Å². The zero-order valence-electron chi connectivity index (χ0n) is 12.0. The van der Waals surface area contributed by atoms with Gasteiger partial charge in [-0.1, -0.05) is 0 Å². The number of hydrogen-bond acceptors (Lipinski definition) is 7. The summed E-state index contributed by atoms with van der Waals surface area (Å²) in [5, 5.41) is 2.68. The lowest BCUT2D eigenvalue weighted by Crippen LogP contribution is -2.32. The fourth-order valence-electron chi connectivity index (χ4n) is 1.42. The molecule has 0 aromatic carbocycles. The molecule has 0 unspecified atom stereocenters. The molecule has 1 rings (SSSR count). The van der Waals surface area contributed by atoms with Crippen molar-refractivity contribution in [2.45, 2.75) is 12.0 Å². The highest BCUT2D eigenvalue weighted by Crippen LogP contribution is 2.14. The van der Waals surface area contributed by atoms with E-state index >= 15 is 0 Å². The molecular formula is C12H20N2O6S. The molecule has 0 aliphatic heterocycles. The standard InChI is InChI=1S/C12H20N2O6S/c1-3-19-12(15)10-4-5-11(20-10)21(16,17)14-7-6-13-8-9-18-2/h4-5,13-14H,3,6-9H2,1-2H3.